The number of nitrogens with zero attached hydrogens (tertiary/aromatic N) is 2. The maximum Gasteiger partial charge on any atom is 0.0630 e. The van der Waals surface area contributed by atoms with Gasteiger partial charge in [-0.2, -0.15) is 0 Å². The van der Waals surface area contributed by atoms with Crippen molar-refractivity contribution in [1.82, 2.24) is 0 Å². The average Bonchev–Trinajstić information content (AvgIpc) is 2.65. The van der Waals surface area contributed by atoms with Crippen molar-refractivity contribution in [2.24, 2.45) is 4.99 Å². The predicted molar refractivity (Wildman–Crippen MR) is 120 cm³/mol. The monoisotopic (exact) mass is 360 g/mol. The standard InChI is InChI=1S/C25H32N2/c1-6-8-9-20-10-13-22(14-11-20)26-18-21-12-15-24-23(16-21)19(3)17-25(4,5)27(24)7-2/h10-18H,6-9H2,1-5H3. The third-order valence-electron chi connectivity index (χ3n) is 5.44. The highest BCUT2D eigenvalue weighted by Crippen LogP contribution is 2.38. The van der Waals surface area contributed by atoms with Crippen LogP contribution in [0.25, 0.3) is 5.57 Å². The Labute approximate surface area is 164 Å². The summed E-state index contributed by atoms with van der Waals surface area (Å²) in [5.74, 6) is 0. The Bertz CT molecular complexity index is 841. The maximum absolute atomic E-state index is 4.68. The zero-order valence-corrected chi connectivity index (χ0v) is 17.4. The number of hydrogen-bond acceptors (Lipinski definition) is 2. The van der Waals surface area contributed by atoms with Crippen LogP contribution < -0.4 is 4.90 Å². The summed E-state index contributed by atoms with van der Waals surface area (Å²) in [6.07, 6.45) is 7.98. The molecule has 2 nitrogen and oxygen atoms in total. The molecule has 0 aliphatic carbocycles. The number of unbranched alkanes of at least 4 members (excludes halogenated alkanes) is 1. The molecule has 0 amide bonds. The number of likely N-dealkylation sites (N-methyl/N-ethyl adjacent to an activating group) is 1. The van der Waals surface area contributed by atoms with Gasteiger partial charge in [0.25, 0.3) is 0 Å². The van der Waals surface area contributed by atoms with Gasteiger partial charge < -0.3 is 4.90 Å². The second kappa shape index (κ2) is 8.12. The van der Waals surface area contributed by atoms with Crippen molar-refractivity contribution >= 4 is 23.2 Å². The van der Waals surface area contributed by atoms with Gasteiger partial charge in [0.15, 0.2) is 0 Å². The quantitative estimate of drug-likeness (QED) is 0.517. The normalized spacial score (nSPS) is 15.7. The number of aliphatic imine (C=N–C) groups is 1. The van der Waals surface area contributed by atoms with E-state index in [9.17, 15) is 0 Å². The number of anilines is 1. The van der Waals surface area contributed by atoms with E-state index in [0.717, 1.165) is 24.2 Å². The molecule has 0 radical (unpaired) electrons. The number of benzene rings is 2. The van der Waals surface area contributed by atoms with Crippen molar-refractivity contribution in [3.8, 4) is 0 Å². The van der Waals surface area contributed by atoms with Gasteiger partial charge in [-0.25, -0.2) is 0 Å². The van der Waals surface area contributed by atoms with E-state index in [1.165, 1.54) is 35.2 Å². The van der Waals surface area contributed by atoms with Crippen LogP contribution in [0.3, 0.4) is 0 Å². The Morgan fingerprint density at radius 1 is 1.04 bits per heavy atom. The van der Waals surface area contributed by atoms with Gasteiger partial charge in [-0.1, -0.05) is 37.6 Å². The van der Waals surface area contributed by atoms with Gasteiger partial charge >= 0.3 is 0 Å². The first-order valence-corrected chi connectivity index (χ1v) is 10.2. The van der Waals surface area contributed by atoms with E-state index >= 15 is 0 Å². The summed E-state index contributed by atoms with van der Waals surface area (Å²) in [4.78, 5) is 7.15. The number of rotatable bonds is 6. The summed E-state index contributed by atoms with van der Waals surface area (Å²) in [6, 6.07) is 15.3. The van der Waals surface area contributed by atoms with Crippen LogP contribution >= 0.6 is 0 Å². The minimum atomic E-state index is 0.0565. The molecule has 2 aromatic rings. The highest BCUT2D eigenvalue weighted by Gasteiger charge is 2.29. The summed E-state index contributed by atoms with van der Waals surface area (Å²) < 4.78 is 0. The smallest absolute Gasteiger partial charge is 0.0630 e. The molecule has 142 valence electrons. The molecule has 1 heterocycles. The van der Waals surface area contributed by atoms with Crippen molar-refractivity contribution < 1.29 is 0 Å². The van der Waals surface area contributed by atoms with Crippen molar-refractivity contribution in [2.45, 2.75) is 59.4 Å². The minimum absolute atomic E-state index is 0.0565. The first-order valence-electron chi connectivity index (χ1n) is 10.2. The molecule has 0 spiro atoms. The molecule has 0 saturated heterocycles. The molecule has 0 bridgehead atoms. The van der Waals surface area contributed by atoms with Crippen LogP contribution in [0.1, 0.15) is 64.2 Å². The fraction of sp³-hybridized carbons (Fsp3) is 0.400. The second-order valence-electron chi connectivity index (χ2n) is 8.03. The highest BCUT2D eigenvalue weighted by atomic mass is 15.2. The molecule has 0 unspecified atom stereocenters. The van der Waals surface area contributed by atoms with Crippen LogP contribution in [0.5, 0.6) is 0 Å². The Morgan fingerprint density at radius 2 is 1.78 bits per heavy atom. The SMILES string of the molecule is CCCCc1ccc(N=Cc2ccc3c(c2)C(C)=CC(C)(C)N3CC)cc1. The van der Waals surface area contributed by atoms with Crippen LogP contribution in [-0.4, -0.2) is 18.3 Å². The zero-order chi connectivity index (χ0) is 19.4. The van der Waals surface area contributed by atoms with Gasteiger partial charge in [-0.05, 0) is 81.5 Å². The summed E-state index contributed by atoms with van der Waals surface area (Å²) in [5, 5.41) is 0. The van der Waals surface area contributed by atoms with Crippen LogP contribution in [-0.2, 0) is 6.42 Å². The van der Waals surface area contributed by atoms with E-state index in [2.05, 4.69) is 93.1 Å². The Hall–Kier alpha value is -2.35. The van der Waals surface area contributed by atoms with Gasteiger partial charge in [0.05, 0.1) is 11.2 Å². The molecule has 1 aliphatic rings. The van der Waals surface area contributed by atoms with Crippen molar-refractivity contribution in [1.29, 1.82) is 0 Å². The molecule has 2 heteroatoms. The van der Waals surface area contributed by atoms with Gasteiger partial charge in [0, 0.05) is 24.0 Å². The Kier molecular flexibility index (Phi) is 5.84. The average molecular weight is 361 g/mol. The fourth-order valence-corrected chi connectivity index (χ4v) is 4.04. The summed E-state index contributed by atoms with van der Waals surface area (Å²) >= 11 is 0. The summed E-state index contributed by atoms with van der Waals surface area (Å²) in [5.41, 5.74) is 7.59. The van der Waals surface area contributed by atoms with Crippen molar-refractivity contribution in [3.63, 3.8) is 0 Å². The molecule has 1 aliphatic heterocycles. The van der Waals surface area contributed by atoms with E-state index in [0.29, 0.717) is 0 Å². The lowest BCUT2D eigenvalue weighted by molar-refractivity contribution is 0.566. The first kappa shape index (κ1) is 19.4. The lowest BCUT2D eigenvalue weighted by Crippen LogP contribution is -2.44. The van der Waals surface area contributed by atoms with Gasteiger partial charge in [0.2, 0.25) is 0 Å². The van der Waals surface area contributed by atoms with Gasteiger partial charge in [-0.15, -0.1) is 0 Å². The van der Waals surface area contributed by atoms with E-state index in [-0.39, 0.29) is 5.54 Å². The number of hydrogen-bond donors (Lipinski definition) is 0. The number of allylic oxidation sites excluding steroid dienone is 1. The zero-order valence-electron chi connectivity index (χ0n) is 17.4. The van der Waals surface area contributed by atoms with E-state index in [1.807, 2.05) is 6.21 Å². The third-order valence-corrected chi connectivity index (χ3v) is 5.44. The second-order valence-corrected chi connectivity index (χ2v) is 8.03. The van der Waals surface area contributed by atoms with E-state index in [1.54, 1.807) is 0 Å². The van der Waals surface area contributed by atoms with Gasteiger partial charge in [-0.3, -0.25) is 4.99 Å². The van der Waals surface area contributed by atoms with Gasteiger partial charge in [0.1, 0.15) is 0 Å². The highest BCUT2D eigenvalue weighted by molar-refractivity contribution is 5.88. The molecule has 0 saturated carbocycles. The van der Waals surface area contributed by atoms with E-state index in [4.69, 9.17) is 0 Å². The van der Waals surface area contributed by atoms with Crippen LogP contribution in [0.4, 0.5) is 11.4 Å². The van der Waals surface area contributed by atoms with Crippen molar-refractivity contribution in [3.05, 3.63) is 65.2 Å². The van der Waals surface area contributed by atoms with E-state index < -0.39 is 0 Å². The van der Waals surface area contributed by atoms with Crippen molar-refractivity contribution in [2.75, 3.05) is 11.4 Å². The van der Waals surface area contributed by atoms with Crippen LogP contribution in [0.2, 0.25) is 0 Å². The molecule has 3 rings (SSSR count). The largest absolute Gasteiger partial charge is 0.363 e. The van der Waals surface area contributed by atoms with Crippen LogP contribution in [0.15, 0.2) is 53.5 Å². The topological polar surface area (TPSA) is 15.6 Å². The summed E-state index contributed by atoms with van der Waals surface area (Å²) in [7, 11) is 0. The first-order chi connectivity index (χ1) is 12.9. The fourth-order valence-electron chi connectivity index (χ4n) is 4.04. The molecule has 27 heavy (non-hydrogen) atoms. The molecule has 0 aromatic heterocycles. The lowest BCUT2D eigenvalue weighted by atomic mass is 9.88. The van der Waals surface area contributed by atoms with Crippen LogP contribution in [0, 0.1) is 0 Å². The number of aryl methyl sites for hydroxylation is 1. The number of fused-ring (bicyclic) bond motifs is 1. The molecule has 2 aromatic carbocycles. The Morgan fingerprint density at radius 3 is 2.44 bits per heavy atom. The molecule has 0 N–H and O–H groups in total. The Balaban J connectivity index is 1.81. The lowest BCUT2D eigenvalue weighted by Gasteiger charge is -2.42. The molecule has 0 fully saturated rings. The summed E-state index contributed by atoms with van der Waals surface area (Å²) in [6.45, 7) is 12.2. The molecular weight excluding hydrogens is 328 g/mol. The predicted octanol–water partition coefficient (Wildman–Crippen LogP) is 6.80. The molecular formula is C25H32N2. The minimum Gasteiger partial charge on any atom is -0.363 e. The molecule has 0 atom stereocenters. The third kappa shape index (κ3) is 4.32. The maximum atomic E-state index is 4.68.